The van der Waals surface area contributed by atoms with Crippen LogP contribution in [0.4, 0.5) is 0 Å². The van der Waals surface area contributed by atoms with Gasteiger partial charge in [0, 0.05) is 33.2 Å². The van der Waals surface area contributed by atoms with Crippen LogP contribution in [0, 0.1) is 0 Å². The fraction of sp³-hybridized carbons (Fsp3) is 0.385. The minimum atomic E-state index is -1.35. The lowest BCUT2D eigenvalue weighted by atomic mass is 10.0. The van der Waals surface area contributed by atoms with Crippen molar-refractivity contribution in [2.24, 2.45) is 7.05 Å². The highest BCUT2D eigenvalue weighted by atomic mass is 35.5. The van der Waals surface area contributed by atoms with Crippen LogP contribution in [0.25, 0.3) is 11.0 Å². The Balaban J connectivity index is 1.66. The third kappa shape index (κ3) is 6.10. The van der Waals surface area contributed by atoms with Crippen molar-refractivity contribution in [3.8, 4) is 5.75 Å². The largest absolute Gasteiger partial charge is 0.420 e. The Bertz CT molecular complexity index is 1500. The van der Waals surface area contributed by atoms with E-state index in [2.05, 4.69) is 19.6 Å². The van der Waals surface area contributed by atoms with E-state index in [1.54, 1.807) is 12.1 Å². The van der Waals surface area contributed by atoms with Gasteiger partial charge in [-0.15, -0.1) is 0 Å². The first kappa shape index (κ1) is 29.4. The second kappa shape index (κ2) is 11.5. The van der Waals surface area contributed by atoms with Crippen LogP contribution < -0.4 is 10.4 Å². The molecule has 0 bridgehead atoms. The third-order valence-electron chi connectivity index (χ3n) is 6.49. The number of aryl methyl sites for hydroxylation is 1. The van der Waals surface area contributed by atoms with Crippen LogP contribution in [0.2, 0.25) is 40.8 Å². The number of piperidine rings is 1. The van der Waals surface area contributed by atoms with Gasteiger partial charge < -0.3 is 9.47 Å². The van der Waals surface area contributed by atoms with Crippen LogP contribution in [-0.4, -0.2) is 53.2 Å². The number of carbonyl (C=O) groups is 3. The molecule has 0 spiro atoms. The van der Waals surface area contributed by atoms with Crippen molar-refractivity contribution in [1.29, 1.82) is 0 Å². The molecule has 1 aromatic heterocycles. The molecule has 1 atom stereocenters. The first-order chi connectivity index (χ1) is 18.3. The minimum absolute atomic E-state index is 0.0455. The van der Waals surface area contributed by atoms with Gasteiger partial charge in [0.05, 0.1) is 26.6 Å². The summed E-state index contributed by atoms with van der Waals surface area (Å²) in [6, 6.07) is 7.44. The molecule has 1 fully saturated rings. The van der Waals surface area contributed by atoms with Crippen molar-refractivity contribution in [3.05, 3.63) is 61.4 Å². The van der Waals surface area contributed by atoms with E-state index in [1.165, 1.54) is 34.4 Å². The lowest BCUT2D eigenvalue weighted by Gasteiger charge is -2.31. The fourth-order valence-electron chi connectivity index (χ4n) is 4.41. The lowest BCUT2D eigenvalue weighted by molar-refractivity contribution is -0.157. The number of imide groups is 1. The summed E-state index contributed by atoms with van der Waals surface area (Å²) in [5, 5.41) is 0.366. The Morgan fingerprint density at radius 3 is 2.38 bits per heavy atom. The number of hydrogen-bond acceptors (Lipinski definition) is 6. The second-order valence-corrected chi connectivity index (χ2v) is 17.4. The van der Waals surface area contributed by atoms with Gasteiger partial charge in [-0.3, -0.25) is 23.6 Å². The van der Waals surface area contributed by atoms with Crippen molar-refractivity contribution < 1.29 is 23.9 Å². The van der Waals surface area contributed by atoms with Gasteiger partial charge in [0.15, 0.2) is 5.75 Å². The van der Waals surface area contributed by atoms with Crippen LogP contribution in [0.1, 0.15) is 29.2 Å². The number of para-hydroxylation sites is 1. The van der Waals surface area contributed by atoms with E-state index in [-0.39, 0.29) is 57.4 Å². The molecule has 9 nitrogen and oxygen atoms in total. The van der Waals surface area contributed by atoms with Gasteiger partial charge in [0.1, 0.15) is 12.8 Å². The Labute approximate surface area is 241 Å². The molecule has 1 saturated heterocycles. The van der Waals surface area contributed by atoms with Gasteiger partial charge in [-0.05, 0) is 36.7 Å². The maximum absolute atomic E-state index is 13.4. The average molecular weight is 613 g/mol. The summed E-state index contributed by atoms with van der Waals surface area (Å²) in [5.74, 6) is -1.75. The fourth-order valence-corrected chi connectivity index (χ4v) is 6.06. The van der Waals surface area contributed by atoms with Crippen LogP contribution in [-0.2, 0) is 21.4 Å². The third-order valence-corrected chi connectivity index (χ3v) is 8.98. The van der Waals surface area contributed by atoms with E-state index in [9.17, 15) is 19.2 Å². The smallest absolute Gasteiger partial charge is 0.345 e. The quantitative estimate of drug-likeness (QED) is 0.109. The number of likely N-dealkylation sites (tertiary alicyclic amines) is 1. The molecule has 0 saturated carbocycles. The lowest BCUT2D eigenvalue weighted by Crippen LogP contribution is -2.48. The number of rotatable bonds is 8. The molecule has 1 aliphatic heterocycles. The van der Waals surface area contributed by atoms with E-state index in [0.717, 1.165) is 10.9 Å². The summed E-state index contributed by atoms with van der Waals surface area (Å²) in [4.78, 5) is 53.7. The monoisotopic (exact) mass is 611 g/mol. The molecule has 0 N–H and O–H groups in total. The Hall–Kier alpha value is -2.63. The zero-order valence-corrected chi connectivity index (χ0v) is 25.2. The van der Waals surface area contributed by atoms with Crippen molar-refractivity contribution in [2.75, 3.05) is 13.3 Å². The maximum atomic E-state index is 13.4. The summed E-state index contributed by atoms with van der Waals surface area (Å²) >= 11 is 18.3. The highest BCUT2D eigenvalue weighted by molar-refractivity contribution is 6.76. The number of aromatic nitrogens is 2. The number of nitrogens with zero attached hydrogens (tertiary/aromatic N) is 3. The zero-order valence-electron chi connectivity index (χ0n) is 21.9. The number of imidazole rings is 1. The Morgan fingerprint density at radius 1 is 1.08 bits per heavy atom. The predicted octanol–water partition coefficient (Wildman–Crippen LogP) is 5.52. The average Bonchev–Trinajstić information content (AvgIpc) is 3.10. The first-order valence-corrected chi connectivity index (χ1v) is 17.1. The van der Waals surface area contributed by atoms with Gasteiger partial charge in [-0.1, -0.05) is 60.5 Å². The standard InChI is InChI=1S/C26H28Cl3N3O6Si/c1-30-22-16(25(35)38-23-17(28)12-15(27)13-18(23)29)6-5-7-19(22)32(26(30)36)20-8-9-21(33)31(24(20)34)14-37-10-11-39(2,3)4/h5-7,12-13,20H,8-11,14H2,1-4H3. The van der Waals surface area contributed by atoms with Crippen molar-refractivity contribution >= 4 is 71.7 Å². The van der Waals surface area contributed by atoms with E-state index >= 15 is 0 Å². The Morgan fingerprint density at radius 2 is 1.74 bits per heavy atom. The molecule has 1 unspecified atom stereocenters. The van der Waals surface area contributed by atoms with E-state index < -0.39 is 31.7 Å². The van der Waals surface area contributed by atoms with Crippen molar-refractivity contribution in [1.82, 2.24) is 14.0 Å². The van der Waals surface area contributed by atoms with Gasteiger partial charge in [-0.2, -0.15) is 0 Å². The molecule has 13 heteroatoms. The second-order valence-electron chi connectivity index (χ2n) is 10.5. The SMILES string of the molecule is Cn1c(=O)n(C2CCC(=O)N(COCC[Si](C)(C)C)C2=O)c2cccc(C(=O)Oc3c(Cl)cc(Cl)cc3Cl)c21. The highest BCUT2D eigenvalue weighted by Crippen LogP contribution is 2.37. The molecule has 0 aliphatic carbocycles. The number of carbonyl (C=O) groups excluding carboxylic acids is 3. The summed E-state index contributed by atoms with van der Waals surface area (Å²) in [5.41, 5.74) is 0.160. The molecule has 4 rings (SSSR count). The number of amides is 2. The molecule has 0 radical (unpaired) electrons. The molecular formula is C26H28Cl3N3O6Si. The van der Waals surface area contributed by atoms with Crippen molar-refractivity contribution in [3.63, 3.8) is 0 Å². The minimum Gasteiger partial charge on any atom is -0.420 e. The van der Waals surface area contributed by atoms with Crippen molar-refractivity contribution in [2.45, 2.75) is 44.6 Å². The molecule has 39 heavy (non-hydrogen) atoms. The maximum Gasteiger partial charge on any atom is 0.345 e. The van der Waals surface area contributed by atoms with Crippen LogP contribution in [0.15, 0.2) is 35.1 Å². The summed E-state index contributed by atoms with van der Waals surface area (Å²) in [6.07, 6.45) is 0.221. The molecule has 3 aromatic rings. The normalized spacial score (nSPS) is 16.3. The number of esters is 1. The summed E-state index contributed by atoms with van der Waals surface area (Å²) in [6.45, 7) is 6.90. The molecule has 1 aliphatic rings. The molecule has 2 amide bonds. The molecular weight excluding hydrogens is 585 g/mol. The van der Waals surface area contributed by atoms with Crippen LogP contribution >= 0.6 is 34.8 Å². The van der Waals surface area contributed by atoms with Gasteiger partial charge in [0.2, 0.25) is 5.91 Å². The number of benzene rings is 2. The van der Waals surface area contributed by atoms with E-state index in [4.69, 9.17) is 44.3 Å². The number of halogens is 3. The zero-order chi connectivity index (χ0) is 28.6. The number of hydrogen-bond donors (Lipinski definition) is 0. The predicted molar refractivity (Wildman–Crippen MR) is 153 cm³/mol. The molecule has 2 heterocycles. The van der Waals surface area contributed by atoms with Crippen LogP contribution in [0.5, 0.6) is 5.75 Å². The topological polar surface area (TPSA) is 99.8 Å². The van der Waals surface area contributed by atoms with Gasteiger partial charge in [0.25, 0.3) is 5.91 Å². The summed E-state index contributed by atoms with van der Waals surface area (Å²) < 4.78 is 13.7. The summed E-state index contributed by atoms with van der Waals surface area (Å²) in [7, 11) is 0.148. The number of ether oxygens (including phenoxy) is 2. The van der Waals surface area contributed by atoms with E-state index in [1.807, 2.05) is 0 Å². The van der Waals surface area contributed by atoms with Gasteiger partial charge >= 0.3 is 11.7 Å². The number of fused-ring (bicyclic) bond motifs is 1. The first-order valence-electron chi connectivity index (χ1n) is 12.3. The van der Waals surface area contributed by atoms with E-state index in [0.29, 0.717) is 12.1 Å². The Kier molecular flexibility index (Phi) is 8.63. The van der Waals surface area contributed by atoms with Gasteiger partial charge in [-0.25, -0.2) is 9.59 Å². The highest BCUT2D eigenvalue weighted by Gasteiger charge is 2.38. The molecule has 2 aromatic carbocycles. The van der Waals surface area contributed by atoms with Crippen LogP contribution in [0.3, 0.4) is 0 Å². The molecule has 208 valence electrons.